The summed E-state index contributed by atoms with van der Waals surface area (Å²) in [5.74, 6) is 1.23. The lowest BCUT2D eigenvalue weighted by Crippen LogP contribution is -2.28. The molecular formula is C10H23NS. The fraction of sp³-hybridized carbons (Fsp3) is 1.00. The molecule has 0 fully saturated rings. The van der Waals surface area contributed by atoms with Crippen molar-refractivity contribution in [3.05, 3.63) is 0 Å². The normalized spacial score (nSPS) is 12.5. The second-order valence-electron chi connectivity index (χ2n) is 4.66. The average Bonchev–Trinajstić information content (AvgIpc) is 1.83. The van der Waals surface area contributed by atoms with Crippen molar-refractivity contribution in [3.8, 4) is 0 Å². The predicted octanol–water partition coefficient (Wildman–Crippen LogP) is 2.76. The molecular weight excluding hydrogens is 166 g/mol. The molecule has 0 radical (unpaired) electrons. The smallest absolute Gasteiger partial charge is 0.00606 e. The Labute approximate surface area is 81.7 Å². The van der Waals surface area contributed by atoms with Crippen LogP contribution in [0.25, 0.3) is 0 Å². The SMILES string of the molecule is CC(C)SCCNCC(C)(C)C. The molecule has 0 saturated heterocycles. The Hall–Kier alpha value is 0.310. The number of hydrogen-bond donors (Lipinski definition) is 1. The van der Waals surface area contributed by atoms with Gasteiger partial charge in [0.25, 0.3) is 0 Å². The van der Waals surface area contributed by atoms with Crippen LogP contribution in [0.4, 0.5) is 0 Å². The first kappa shape index (κ1) is 12.3. The minimum absolute atomic E-state index is 0.419. The molecule has 1 nitrogen and oxygen atoms in total. The third-order valence-electron chi connectivity index (χ3n) is 1.39. The van der Waals surface area contributed by atoms with E-state index in [0.717, 1.165) is 18.3 Å². The van der Waals surface area contributed by atoms with Crippen LogP contribution in [0.15, 0.2) is 0 Å². The first-order chi connectivity index (χ1) is 5.42. The van der Waals surface area contributed by atoms with Gasteiger partial charge in [-0.3, -0.25) is 0 Å². The summed E-state index contributed by atoms with van der Waals surface area (Å²) in [6, 6.07) is 0. The highest BCUT2D eigenvalue weighted by Gasteiger charge is 2.08. The highest BCUT2D eigenvalue weighted by molar-refractivity contribution is 7.99. The first-order valence-corrected chi connectivity index (χ1v) is 5.79. The molecule has 0 aliphatic heterocycles. The van der Waals surface area contributed by atoms with Crippen molar-refractivity contribution >= 4 is 11.8 Å². The van der Waals surface area contributed by atoms with Crippen molar-refractivity contribution in [1.29, 1.82) is 0 Å². The van der Waals surface area contributed by atoms with Gasteiger partial charge in [0.1, 0.15) is 0 Å². The lowest BCUT2D eigenvalue weighted by molar-refractivity contribution is 0.385. The number of nitrogens with one attached hydrogen (secondary N) is 1. The van der Waals surface area contributed by atoms with Crippen LogP contribution in [0.5, 0.6) is 0 Å². The lowest BCUT2D eigenvalue weighted by atomic mass is 9.97. The molecule has 0 rings (SSSR count). The van der Waals surface area contributed by atoms with Crippen LogP contribution in [0.2, 0.25) is 0 Å². The zero-order chi connectivity index (χ0) is 9.61. The van der Waals surface area contributed by atoms with Gasteiger partial charge >= 0.3 is 0 Å². The topological polar surface area (TPSA) is 12.0 Å². The second-order valence-corrected chi connectivity index (χ2v) is 6.34. The maximum atomic E-state index is 3.46. The van der Waals surface area contributed by atoms with Gasteiger partial charge < -0.3 is 5.32 Å². The Morgan fingerprint density at radius 2 is 1.83 bits per heavy atom. The first-order valence-electron chi connectivity index (χ1n) is 4.74. The van der Waals surface area contributed by atoms with Crippen LogP contribution in [0.1, 0.15) is 34.6 Å². The molecule has 0 amide bonds. The molecule has 0 aromatic carbocycles. The average molecular weight is 189 g/mol. The van der Waals surface area contributed by atoms with E-state index in [1.165, 1.54) is 5.75 Å². The largest absolute Gasteiger partial charge is 0.315 e. The second kappa shape index (κ2) is 5.87. The van der Waals surface area contributed by atoms with Gasteiger partial charge in [0.05, 0.1) is 0 Å². The minimum atomic E-state index is 0.419. The quantitative estimate of drug-likeness (QED) is 0.667. The molecule has 0 aromatic rings. The molecule has 0 spiro atoms. The maximum absolute atomic E-state index is 3.46. The van der Waals surface area contributed by atoms with Gasteiger partial charge in [0, 0.05) is 18.8 Å². The summed E-state index contributed by atoms with van der Waals surface area (Å²) in [4.78, 5) is 0. The summed E-state index contributed by atoms with van der Waals surface area (Å²) in [5.41, 5.74) is 0.419. The maximum Gasteiger partial charge on any atom is 0.00606 e. The predicted molar refractivity (Wildman–Crippen MR) is 59.9 cm³/mol. The zero-order valence-electron chi connectivity index (χ0n) is 9.11. The Kier molecular flexibility index (Phi) is 6.02. The summed E-state index contributed by atoms with van der Waals surface area (Å²) in [5, 5.41) is 4.23. The molecule has 0 heterocycles. The number of thioether (sulfide) groups is 1. The van der Waals surface area contributed by atoms with E-state index in [9.17, 15) is 0 Å². The van der Waals surface area contributed by atoms with Crippen molar-refractivity contribution in [2.45, 2.75) is 39.9 Å². The van der Waals surface area contributed by atoms with E-state index in [2.05, 4.69) is 39.9 Å². The molecule has 2 heteroatoms. The highest BCUT2D eigenvalue weighted by atomic mass is 32.2. The van der Waals surface area contributed by atoms with Gasteiger partial charge in [0.15, 0.2) is 0 Å². The van der Waals surface area contributed by atoms with E-state index in [1.54, 1.807) is 0 Å². The Morgan fingerprint density at radius 3 is 2.25 bits per heavy atom. The van der Waals surface area contributed by atoms with Crippen molar-refractivity contribution in [3.63, 3.8) is 0 Å². The van der Waals surface area contributed by atoms with Gasteiger partial charge in [-0.2, -0.15) is 11.8 Å². The van der Waals surface area contributed by atoms with Gasteiger partial charge in [-0.25, -0.2) is 0 Å². The van der Waals surface area contributed by atoms with Crippen LogP contribution in [-0.4, -0.2) is 24.1 Å². The van der Waals surface area contributed by atoms with Gasteiger partial charge in [-0.1, -0.05) is 34.6 Å². The molecule has 12 heavy (non-hydrogen) atoms. The number of rotatable bonds is 5. The van der Waals surface area contributed by atoms with E-state index in [-0.39, 0.29) is 0 Å². The van der Waals surface area contributed by atoms with E-state index < -0.39 is 0 Å². The Balaban J connectivity index is 3.12. The van der Waals surface area contributed by atoms with Crippen LogP contribution in [-0.2, 0) is 0 Å². The Morgan fingerprint density at radius 1 is 1.25 bits per heavy atom. The Bertz CT molecular complexity index is 105. The molecule has 1 N–H and O–H groups in total. The molecule has 0 aliphatic carbocycles. The summed E-state index contributed by atoms with van der Waals surface area (Å²) in [6.07, 6.45) is 0. The van der Waals surface area contributed by atoms with Crippen molar-refractivity contribution in [2.24, 2.45) is 5.41 Å². The zero-order valence-corrected chi connectivity index (χ0v) is 9.92. The lowest BCUT2D eigenvalue weighted by Gasteiger charge is -2.18. The molecule has 74 valence electrons. The fourth-order valence-electron chi connectivity index (χ4n) is 0.830. The summed E-state index contributed by atoms with van der Waals surface area (Å²) < 4.78 is 0. The van der Waals surface area contributed by atoms with Gasteiger partial charge in [-0.05, 0) is 10.7 Å². The summed E-state index contributed by atoms with van der Waals surface area (Å²) >= 11 is 2.02. The molecule has 0 saturated carbocycles. The van der Waals surface area contributed by atoms with Crippen molar-refractivity contribution in [2.75, 3.05) is 18.8 Å². The standard InChI is InChI=1S/C10H23NS/c1-9(2)12-7-6-11-8-10(3,4)5/h9,11H,6-8H2,1-5H3. The van der Waals surface area contributed by atoms with Crippen LogP contribution in [0, 0.1) is 5.41 Å². The van der Waals surface area contributed by atoms with Gasteiger partial charge in [0.2, 0.25) is 0 Å². The van der Waals surface area contributed by atoms with Crippen molar-refractivity contribution < 1.29 is 0 Å². The minimum Gasteiger partial charge on any atom is -0.315 e. The molecule has 0 bridgehead atoms. The third kappa shape index (κ3) is 10.3. The van der Waals surface area contributed by atoms with Gasteiger partial charge in [-0.15, -0.1) is 0 Å². The van der Waals surface area contributed by atoms with Crippen LogP contribution >= 0.6 is 11.8 Å². The molecule has 0 atom stereocenters. The molecule has 0 aliphatic rings. The van der Waals surface area contributed by atoms with E-state index in [1.807, 2.05) is 11.8 Å². The summed E-state index contributed by atoms with van der Waals surface area (Å²) in [6.45, 7) is 13.5. The molecule has 0 unspecified atom stereocenters. The van der Waals surface area contributed by atoms with Crippen LogP contribution < -0.4 is 5.32 Å². The van der Waals surface area contributed by atoms with E-state index >= 15 is 0 Å². The van der Waals surface area contributed by atoms with E-state index in [4.69, 9.17) is 0 Å². The van der Waals surface area contributed by atoms with E-state index in [0.29, 0.717) is 5.41 Å². The summed E-state index contributed by atoms with van der Waals surface area (Å²) in [7, 11) is 0. The monoisotopic (exact) mass is 189 g/mol. The number of hydrogen-bond acceptors (Lipinski definition) is 2. The fourth-order valence-corrected chi connectivity index (χ4v) is 1.56. The highest BCUT2D eigenvalue weighted by Crippen LogP contribution is 2.11. The third-order valence-corrected chi connectivity index (χ3v) is 2.49. The van der Waals surface area contributed by atoms with Crippen molar-refractivity contribution in [1.82, 2.24) is 5.32 Å². The molecule has 0 aromatic heterocycles. The van der Waals surface area contributed by atoms with Crippen LogP contribution in [0.3, 0.4) is 0 Å².